The van der Waals surface area contributed by atoms with Gasteiger partial charge in [0.25, 0.3) is 0 Å². The van der Waals surface area contributed by atoms with E-state index >= 15 is 0 Å². The van der Waals surface area contributed by atoms with Crippen LogP contribution in [0.5, 0.6) is 0 Å². The van der Waals surface area contributed by atoms with Crippen LogP contribution in [0.1, 0.15) is 26.7 Å². The lowest BCUT2D eigenvalue weighted by Crippen LogP contribution is -2.32. The summed E-state index contributed by atoms with van der Waals surface area (Å²) in [5, 5.41) is 3.41. The molecule has 19 heavy (non-hydrogen) atoms. The zero-order chi connectivity index (χ0) is 13.9. The van der Waals surface area contributed by atoms with Gasteiger partial charge in [-0.05, 0) is 12.8 Å². The summed E-state index contributed by atoms with van der Waals surface area (Å²) in [7, 11) is 1.67. The van der Waals surface area contributed by atoms with Gasteiger partial charge < -0.3 is 24.3 Å². The average molecular weight is 275 g/mol. The Bertz CT molecular complexity index is 214. The van der Waals surface area contributed by atoms with Crippen LogP contribution < -0.4 is 5.32 Å². The summed E-state index contributed by atoms with van der Waals surface area (Å²) >= 11 is 0. The van der Waals surface area contributed by atoms with Crippen LogP contribution in [0.15, 0.2) is 0 Å². The van der Waals surface area contributed by atoms with Crippen LogP contribution in [0.25, 0.3) is 0 Å². The fraction of sp³-hybridized carbons (Fsp3) is 1.00. The molecule has 1 fully saturated rings. The van der Waals surface area contributed by atoms with E-state index in [9.17, 15) is 0 Å². The minimum atomic E-state index is 0.248. The summed E-state index contributed by atoms with van der Waals surface area (Å²) in [6, 6.07) is 0.517. The van der Waals surface area contributed by atoms with Crippen LogP contribution in [0.3, 0.4) is 0 Å². The highest BCUT2D eigenvalue weighted by atomic mass is 16.6. The molecule has 0 radical (unpaired) electrons. The molecule has 5 nitrogen and oxygen atoms in total. The molecular formula is C14H29NO4. The molecule has 5 heteroatoms. The fourth-order valence-corrected chi connectivity index (χ4v) is 2.00. The lowest BCUT2D eigenvalue weighted by Gasteiger charge is -2.16. The Hall–Kier alpha value is -0.200. The molecule has 114 valence electrons. The molecule has 0 bridgehead atoms. The van der Waals surface area contributed by atoms with Gasteiger partial charge in [0.05, 0.1) is 45.2 Å². The normalized spacial score (nSPS) is 23.4. The van der Waals surface area contributed by atoms with Crippen molar-refractivity contribution in [1.82, 2.24) is 5.32 Å². The summed E-state index contributed by atoms with van der Waals surface area (Å²) in [6.07, 6.45) is 2.81. The van der Waals surface area contributed by atoms with E-state index in [0.29, 0.717) is 45.2 Å². The number of nitrogens with one attached hydrogen (secondary N) is 1. The van der Waals surface area contributed by atoms with Crippen molar-refractivity contribution in [3.05, 3.63) is 0 Å². The van der Waals surface area contributed by atoms with E-state index in [1.54, 1.807) is 7.11 Å². The maximum atomic E-state index is 5.91. The van der Waals surface area contributed by atoms with Gasteiger partial charge in [0.2, 0.25) is 0 Å². The Morgan fingerprint density at radius 3 is 2.47 bits per heavy atom. The smallest absolute Gasteiger partial charge is 0.0813 e. The van der Waals surface area contributed by atoms with E-state index in [-0.39, 0.29) is 6.10 Å². The van der Waals surface area contributed by atoms with Gasteiger partial charge in [-0.3, -0.25) is 0 Å². The Morgan fingerprint density at radius 2 is 1.74 bits per heavy atom. The first-order chi connectivity index (χ1) is 9.22. The highest BCUT2D eigenvalue weighted by Gasteiger charge is 2.24. The van der Waals surface area contributed by atoms with Crippen molar-refractivity contribution in [3.63, 3.8) is 0 Å². The van der Waals surface area contributed by atoms with Crippen molar-refractivity contribution in [2.45, 2.75) is 44.9 Å². The topological polar surface area (TPSA) is 49.0 Å². The second kappa shape index (κ2) is 10.6. The molecule has 0 aromatic carbocycles. The van der Waals surface area contributed by atoms with Crippen molar-refractivity contribution >= 4 is 0 Å². The molecular weight excluding hydrogens is 246 g/mol. The fourth-order valence-electron chi connectivity index (χ4n) is 2.00. The average Bonchev–Trinajstić information content (AvgIpc) is 2.83. The van der Waals surface area contributed by atoms with Crippen molar-refractivity contribution in [1.29, 1.82) is 0 Å². The van der Waals surface area contributed by atoms with Crippen LogP contribution in [0.4, 0.5) is 0 Å². The zero-order valence-electron chi connectivity index (χ0n) is 12.5. The number of rotatable bonds is 11. The summed E-state index contributed by atoms with van der Waals surface area (Å²) in [4.78, 5) is 0. The molecule has 0 aromatic rings. The second-order valence-corrected chi connectivity index (χ2v) is 5.20. The van der Waals surface area contributed by atoms with Gasteiger partial charge in [-0.2, -0.15) is 0 Å². The largest absolute Gasteiger partial charge is 0.382 e. The molecule has 0 aliphatic carbocycles. The van der Waals surface area contributed by atoms with E-state index in [1.165, 1.54) is 0 Å². The first-order valence-corrected chi connectivity index (χ1v) is 7.25. The number of hydrogen-bond donors (Lipinski definition) is 1. The van der Waals surface area contributed by atoms with Crippen molar-refractivity contribution in [2.75, 3.05) is 46.7 Å². The maximum absolute atomic E-state index is 5.91. The molecule has 1 N–H and O–H groups in total. The molecule has 1 aliphatic heterocycles. The monoisotopic (exact) mass is 275 g/mol. The minimum absolute atomic E-state index is 0.248. The first-order valence-electron chi connectivity index (χ1n) is 7.25. The molecule has 1 heterocycles. The number of hydrogen-bond acceptors (Lipinski definition) is 5. The van der Waals surface area contributed by atoms with E-state index in [1.807, 2.05) is 0 Å². The molecule has 1 aliphatic rings. The van der Waals surface area contributed by atoms with E-state index < -0.39 is 0 Å². The van der Waals surface area contributed by atoms with Gasteiger partial charge >= 0.3 is 0 Å². The van der Waals surface area contributed by atoms with Crippen molar-refractivity contribution < 1.29 is 18.9 Å². The number of ether oxygens (including phenoxy) is 4. The molecule has 0 saturated carbocycles. The summed E-state index contributed by atoms with van der Waals surface area (Å²) in [5.74, 6) is 0. The number of methoxy groups -OCH3 is 1. The van der Waals surface area contributed by atoms with Gasteiger partial charge in [-0.1, -0.05) is 13.8 Å². The van der Waals surface area contributed by atoms with Crippen LogP contribution in [-0.2, 0) is 18.9 Å². The summed E-state index contributed by atoms with van der Waals surface area (Å²) in [6.45, 7) is 8.42. The lowest BCUT2D eigenvalue weighted by atomic mass is 10.2. The molecule has 1 saturated heterocycles. The third kappa shape index (κ3) is 8.55. The SMILES string of the molecule is COCCOCCOCC1CCC(CNC(C)C)O1. The molecule has 0 aromatic heterocycles. The van der Waals surface area contributed by atoms with E-state index in [0.717, 1.165) is 19.4 Å². The zero-order valence-corrected chi connectivity index (χ0v) is 12.5. The van der Waals surface area contributed by atoms with Crippen LogP contribution in [0, 0.1) is 0 Å². The Balaban J connectivity index is 1.91. The van der Waals surface area contributed by atoms with Gasteiger partial charge in [0.15, 0.2) is 0 Å². The Kier molecular flexibility index (Phi) is 9.38. The minimum Gasteiger partial charge on any atom is -0.382 e. The second-order valence-electron chi connectivity index (χ2n) is 5.20. The highest BCUT2D eigenvalue weighted by Crippen LogP contribution is 2.19. The summed E-state index contributed by atoms with van der Waals surface area (Å²) in [5.41, 5.74) is 0. The Morgan fingerprint density at radius 1 is 1.05 bits per heavy atom. The van der Waals surface area contributed by atoms with Crippen LogP contribution >= 0.6 is 0 Å². The predicted octanol–water partition coefficient (Wildman–Crippen LogP) is 1.21. The van der Waals surface area contributed by atoms with Gasteiger partial charge in [-0.25, -0.2) is 0 Å². The predicted molar refractivity (Wildman–Crippen MR) is 74.5 cm³/mol. The standard InChI is InChI=1S/C14H29NO4/c1-12(2)15-10-13-4-5-14(19-13)11-18-9-8-17-7-6-16-3/h12-15H,4-11H2,1-3H3. The maximum Gasteiger partial charge on any atom is 0.0813 e. The molecule has 2 atom stereocenters. The van der Waals surface area contributed by atoms with Crippen LogP contribution in [-0.4, -0.2) is 64.9 Å². The molecule has 0 amide bonds. The van der Waals surface area contributed by atoms with E-state index in [4.69, 9.17) is 18.9 Å². The van der Waals surface area contributed by atoms with E-state index in [2.05, 4.69) is 19.2 Å². The molecule has 0 spiro atoms. The van der Waals surface area contributed by atoms with Crippen molar-refractivity contribution in [2.24, 2.45) is 0 Å². The third-order valence-electron chi connectivity index (χ3n) is 3.06. The highest BCUT2D eigenvalue weighted by molar-refractivity contribution is 4.75. The summed E-state index contributed by atoms with van der Waals surface area (Å²) < 4.78 is 21.7. The van der Waals surface area contributed by atoms with Gasteiger partial charge in [0.1, 0.15) is 0 Å². The van der Waals surface area contributed by atoms with Crippen molar-refractivity contribution in [3.8, 4) is 0 Å². The van der Waals surface area contributed by atoms with Crippen LogP contribution in [0.2, 0.25) is 0 Å². The Labute approximate surface area is 116 Å². The first kappa shape index (κ1) is 16.9. The third-order valence-corrected chi connectivity index (χ3v) is 3.06. The lowest BCUT2D eigenvalue weighted by molar-refractivity contribution is -0.0321. The van der Waals surface area contributed by atoms with Gasteiger partial charge in [-0.15, -0.1) is 0 Å². The van der Waals surface area contributed by atoms with Gasteiger partial charge in [0, 0.05) is 19.7 Å². The molecule has 2 unspecified atom stereocenters. The quantitative estimate of drug-likeness (QED) is 0.574. The molecule has 1 rings (SSSR count).